The molecule has 3 atom stereocenters. The minimum absolute atomic E-state index is 0.0458. The number of fused-ring (bicyclic) bond motifs is 5. The Bertz CT molecular complexity index is 6520. The highest BCUT2D eigenvalue weighted by atomic mass is 19.1. The number of pyridine rings is 4. The van der Waals surface area contributed by atoms with Gasteiger partial charge in [-0.2, -0.15) is 41.4 Å². The molecular weight excluding hydrogens is 1640 g/mol. The number of benzene rings is 4. The summed E-state index contributed by atoms with van der Waals surface area (Å²) in [5, 5.41) is 73.5. The lowest BCUT2D eigenvalue weighted by molar-refractivity contribution is -0.122. The van der Waals surface area contributed by atoms with Crippen LogP contribution >= 0.6 is 0 Å². The van der Waals surface area contributed by atoms with Gasteiger partial charge < -0.3 is 58.1 Å². The quantitative estimate of drug-likeness (QED) is 0.0480. The predicted octanol–water partition coefficient (Wildman–Crippen LogP) is 7.87. The summed E-state index contributed by atoms with van der Waals surface area (Å²) >= 11 is 0. The Balaban J connectivity index is 0.000000120. The first-order chi connectivity index (χ1) is 61.5. The van der Waals surface area contributed by atoms with Crippen molar-refractivity contribution in [2.45, 2.75) is 90.8 Å². The summed E-state index contributed by atoms with van der Waals surface area (Å²) < 4.78 is 64.9. The van der Waals surface area contributed by atoms with Gasteiger partial charge in [0.15, 0.2) is 17.5 Å². The molecule has 8 aliphatic heterocycles. The Morgan fingerprint density at radius 2 is 0.732 bits per heavy atom. The molecule has 20 rings (SSSR count). The maximum atomic E-state index is 14.7. The van der Waals surface area contributed by atoms with E-state index in [1.165, 1.54) is 73.7 Å². The molecule has 3 saturated heterocycles. The van der Waals surface area contributed by atoms with Crippen molar-refractivity contribution in [1.82, 2.24) is 91.0 Å². The van der Waals surface area contributed by atoms with Crippen LogP contribution in [-0.4, -0.2) is 146 Å². The molecule has 3 fully saturated rings. The van der Waals surface area contributed by atoms with Crippen LogP contribution in [0.15, 0.2) is 140 Å². The summed E-state index contributed by atoms with van der Waals surface area (Å²) in [4.78, 5) is 109. The second kappa shape index (κ2) is 34.9. The van der Waals surface area contributed by atoms with Gasteiger partial charge in [0.05, 0.1) is 203 Å². The van der Waals surface area contributed by atoms with Crippen LogP contribution in [0.5, 0.6) is 0 Å². The number of rotatable bonds is 14. The fourth-order valence-electron chi connectivity index (χ4n) is 17.0. The molecule has 4 aromatic carbocycles. The van der Waals surface area contributed by atoms with E-state index in [0.717, 1.165) is 69.4 Å². The molecule has 0 saturated carbocycles. The van der Waals surface area contributed by atoms with E-state index in [1.54, 1.807) is 79.8 Å². The molecule has 38 heteroatoms. The van der Waals surface area contributed by atoms with Crippen molar-refractivity contribution >= 4 is 58.8 Å². The van der Waals surface area contributed by atoms with Gasteiger partial charge in [-0.1, -0.05) is 24.3 Å². The zero-order valence-electron chi connectivity index (χ0n) is 67.8. The average Bonchev–Trinajstić information content (AvgIpc) is 1.59. The van der Waals surface area contributed by atoms with Gasteiger partial charge in [-0.3, -0.25) is 33.6 Å². The third kappa shape index (κ3) is 16.4. The Hall–Kier alpha value is -16.4. The van der Waals surface area contributed by atoms with E-state index < -0.39 is 23.3 Å². The highest BCUT2D eigenvalue weighted by molar-refractivity contribution is 6.04. The number of piperidine rings is 3. The Morgan fingerprint density at radius 1 is 0.409 bits per heavy atom. The van der Waals surface area contributed by atoms with Gasteiger partial charge in [0.2, 0.25) is 17.7 Å². The van der Waals surface area contributed by atoms with Crippen LogP contribution in [0.1, 0.15) is 143 Å². The second-order valence-corrected chi connectivity index (χ2v) is 31.1. The number of hydrogen-bond donors (Lipinski definition) is 8. The number of nitrogens with two attached hydrogens (primary N) is 2. The molecule has 0 radical (unpaired) electrons. The Kier molecular flexibility index (Phi) is 22.8. The van der Waals surface area contributed by atoms with Crippen LogP contribution < -0.4 is 58.1 Å². The molecule has 8 aromatic heterocycles. The van der Waals surface area contributed by atoms with Gasteiger partial charge in [0, 0.05) is 114 Å². The maximum absolute atomic E-state index is 14.7. The zero-order chi connectivity index (χ0) is 88.6. The molecule has 2 unspecified atom stereocenters. The third-order valence-corrected chi connectivity index (χ3v) is 23.1. The third-order valence-electron chi connectivity index (χ3n) is 23.1. The summed E-state index contributed by atoms with van der Waals surface area (Å²) in [7, 11) is 0. The molecule has 0 bridgehead atoms. The molecule has 34 nitrogen and oxygen atoms in total. The number of hydrogen-bond acceptors (Lipinski definition) is 23. The first kappa shape index (κ1) is 82.9. The largest absolute Gasteiger partial charge is 0.369 e. The smallest absolute Gasteiger partial charge is 0.255 e. The molecule has 636 valence electrons. The van der Waals surface area contributed by atoms with Gasteiger partial charge in [-0.25, -0.2) is 56.2 Å². The molecule has 12 aromatic rings. The van der Waals surface area contributed by atoms with Crippen LogP contribution in [0.2, 0.25) is 0 Å². The molecule has 0 aliphatic carbocycles. The van der Waals surface area contributed by atoms with E-state index in [2.05, 4.69) is 72.0 Å². The summed E-state index contributed by atoms with van der Waals surface area (Å²) in [5.41, 5.74) is 20.4. The number of carbonyl (C=O) groups excluding carboxylic acids is 7. The van der Waals surface area contributed by atoms with Gasteiger partial charge in [-0.15, -0.1) is 0 Å². The van der Waals surface area contributed by atoms with Gasteiger partial charge >= 0.3 is 0 Å². The number of anilines is 3. The number of nitrogens with zero attached hydrogens (tertiary/aromatic N) is 19. The lowest BCUT2D eigenvalue weighted by Gasteiger charge is -2.33. The highest BCUT2D eigenvalue weighted by Crippen LogP contribution is 2.39. The Morgan fingerprint density at radius 3 is 1.05 bits per heavy atom. The minimum atomic E-state index is -0.573. The lowest BCUT2D eigenvalue weighted by Crippen LogP contribution is -2.47. The standard InChI is InChI=1S/C24H22FN7O2.2C23H20FN7O2.C19H13FN6O/c1-14(33)28-16-5-3-8-31(13-16)21-7-9-32(30-21)20-10-18(29-19-12-27-24(34)23(19)20)22-15(11-26)4-2-6-17(22)25;2*24-15-5-1-3-13(10-25)20(15)16-9-18(21-17(28-16)11-27-23(21)33)31-8-6-19(29-31)30-7-2-4-14(12-30)22(26)32;20-12-3-1-2-10(5-21)17(12)13-4-16(18-15(24-13)8-23-19(18)27)26-9-11-6-22-7-14(11)25-26/h2,4,6-7,9-10,16H,3,5,8,12-13H2,1H3,(H,27,34)(H,28,33);2*1,3,5-6,8-9,14H,2,4,7,11-12H2,(H2,26,32)(H,27,33);1-4,9,22H,6-8H2,(H,23,27)/t;14-;;/m.1../s1. The minimum Gasteiger partial charge on any atom is -0.369 e. The van der Waals surface area contributed by atoms with Crippen LogP contribution in [0.3, 0.4) is 0 Å². The van der Waals surface area contributed by atoms with Crippen LogP contribution in [0.4, 0.5) is 35.0 Å². The van der Waals surface area contributed by atoms with E-state index in [1.807, 2.05) is 46.3 Å². The van der Waals surface area contributed by atoms with Crippen molar-refractivity contribution in [3.8, 4) is 92.1 Å². The summed E-state index contributed by atoms with van der Waals surface area (Å²) in [5.74, 6) is -2.53. The number of carbonyl (C=O) groups is 7. The van der Waals surface area contributed by atoms with Gasteiger partial charge in [-0.05, 0) is 111 Å². The van der Waals surface area contributed by atoms with Crippen molar-refractivity contribution in [2.24, 2.45) is 23.3 Å². The van der Waals surface area contributed by atoms with Gasteiger partial charge in [0.1, 0.15) is 23.3 Å². The van der Waals surface area contributed by atoms with Gasteiger partial charge in [0.25, 0.3) is 23.6 Å². The average molecular weight is 1710 g/mol. The molecule has 8 aliphatic rings. The Labute approximate surface area is 720 Å². The van der Waals surface area contributed by atoms with Crippen molar-refractivity contribution in [2.75, 3.05) is 54.0 Å². The topological polar surface area (TPSA) is 471 Å². The second-order valence-electron chi connectivity index (χ2n) is 31.1. The molecule has 16 heterocycles. The number of amides is 7. The van der Waals surface area contributed by atoms with Crippen molar-refractivity contribution in [1.29, 1.82) is 21.0 Å². The van der Waals surface area contributed by atoms with Crippen molar-refractivity contribution < 1.29 is 51.1 Å². The van der Waals surface area contributed by atoms with E-state index in [-0.39, 0.29) is 147 Å². The van der Waals surface area contributed by atoms with Crippen molar-refractivity contribution in [3.05, 3.63) is 242 Å². The summed E-state index contributed by atoms with van der Waals surface area (Å²) in [6, 6.07) is 37.0. The highest BCUT2D eigenvalue weighted by Gasteiger charge is 2.36. The van der Waals surface area contributed by atoms with Crippen LogP contribution in [0.25, 0.3) is 67.8 Å². The fraction of sp³-hybridized carbons (Fsp3) is 0.247. The van der Waals surface area contributed by atoms with E-state index >= 15 is 0 Å². The number of aromatic nitrogens is 12. The first-order valence-electron chi connectivity index (χ1n) is 40.6. The maximum Gasteiger partial charge on any atom is 0.255 e. The zero-order valence-corrected chi connectivity index (χ0v) is 67.8. The van der Waals surface area contributed by atoms with Crippen molar-refractivity contribution in [3.63, 3.8) is 0 Å². The summed E-state index contributed by atoms with van der Waals surface area (Å²) in [6.45, 7) is 7.63. The van der Waals surface area contributed by atoms with E-state index in [4.69, 9.17) is 16.6 Å². The molecular formula is C89H75F4N27O7. The van der Waals surface area contributed by atoms with E-state index in [0.29, 0.717) is 124 Å². The SMILES string of the molecule is CC(=O)NC1CCCN(c2ccn(-c3cc(-c4c(F)cccc4C#N)nc4c3C(=O)NC4)n2)C1.N#Cc1cccc(F)c1-c1cc(-n2cc3c(n2)CNC3)c2c(n1)CNC2=O.N#Cc1cccc(F)c1-c1cc(-n2ccc(N3CCCC(C(N)=O)C3)n2)c2c(n1)CNC2=O.N#Cc1cccc(F)c1-c1cc(-n2ccc(N3CCC[C@@H](C(N)=O)C3)n2)c2c(n1)CNC2=O. The number of nitrogens with one attached hydrogen (secondary N) is 6. The van der Waals surface area contributed by atoms with E-state index in [9.17, 15) is 72.2 Å². The van der Waals surface area contributed by atoms with Crippen LogP contribution in [0, 0.1) is 80.4 Å². The lowest BCUT2D eigenvalue weighted by atomic mass is 9.98. The molecule has 127 heavy (non-hydrogen) atoms. The first-order valence-corrected chi connectivity index (χ1v) is 40.6. The fourth-order valence-corrected chi connectivity index (χ4v) is 17.0. The summed E-state index contributed by atoms with van der Waals surface area (Å²) in [6.07, 6.45) is 12.0. The number of primary amides is 2. The predicted molar refractivity (Wildman–Crippen MR) is 448 cm³/mol. The monoisotopic (exact) mass is 1710 g/mol. The molecule has 7 amide bonds. The van der Waals surface area contributed by atoms with Crippen LogP contribution in [-0.2, 0) is 53.7 Å². The molecule has 0 spiro atoms. The normalized spacial score (nSPS) is 16.7. The number of nitriles is 4. The molecule has 10 N–H and O–H groups in total. The number of halogens is 4.